The molecule has 0 atom stereocenters. The SMILES string of the molecule is COc1cc(Sc2ccccc2)ccn1. The third kappa shape index (κ3) is 2.73. The predicted molar refractivity (Wildman–Crippen MR) is 61.4 cm³/mol. The molecule has 2 aromatic rings. The first-order valence-corrected chi connectivity index (χ1v) is 5.43. The van der Waals surface area contributed by atoms with Gasteiger partial charge in [-0.2, -0.15) is 0 Å². The first-order chi connectivity index (χ1) is 7.38. The maximum Gasteiger partial charge on any atom is 0.214 e. The topological polar surface area (TPSA) is 22.1 Å². The van der Waals surface area contributed by atoms with E-state index in [-0.39, 0.29) is 0 Å². The maximum atomic E-state index is 5.07. The molecule has 15 heavy (non-hydrogen) atoms. The first kappa shape index (κ1) is 10.1. The summed E-state index contributed by atoms with van der Waals surface area (Å²) in [6.45, 7) is 0. The first-order valence-electron chi connectivity index (χ1n) is 4.61. The number of rotatable bonds is 3. The average molecular weight is 217 g/mol. The van der Waals surface area contributed by atoms with Crippen molar-refractivity contribution < 1.29 is 4.74 Å². The predicted octanol–water partition coefficient (Wildman–Crippen LogP) is 3.24. The zero-order valence-electron chi connectivity index (χ0n) is 8.38. The van der Waals surface area contributed by atoms with Crippen LogP contribution in [0.4, 0.5) is 0 Å². The third-order valence-corrected chi connectivity index (χ3v) is 2.89. The van der Waals surface area contributed by atoms with Crippen molar-refractivity contribution in [1.82, 2.24) is 4.98 Å². The van der Waals surface area contributed by atoms with E-state index in [1.807, 2.05) is 30.3 Å². The minimum Gasteiger partial charge on any atom is -0.481 e. The molecule has 0 fully saturated rings. The van der Waals surface area contributed by atoms with Crippen molar-refractivity contribution >= 4 is 11.8 Å². The summed E-state index contributed by atoms with van der Waals surface area (Å²) in [6, 6.07) is 14.1. The van der Waals surface area contributed by atoms with E-state index in [4.69, 9.17) is 4.74 Å². The molecule has 0 spiro atoms. The van der Waals surface area contributed by atoms with Crippen LogP contribution in [-0.4, -0.2) is 12.1 Å². The molecule has 0 radical (unpaired) electrons. The van der Waals surface area contributed by atoms with Gasteiger partial charge in [0.05, 0.1) is 7.11 Å². The van der Waals surface area contributed by atoms with Crippen molar-refractivity contribution in [2.45, 2.75) is 9.79 Å². The smallest absolute Gasteiger partial charge is 0.214 e. The van der Waals surface area contributed by atoms with Gasteiger partial charge in [0.25, 0.3) is 0 Å². The Kier molecular flexibility index (Phi) is 3.25. The summed E-state index contributed by atoms with van der Waals surface area (Å²) >= 11 is 1.70. The Morgan fingerprint density at radius 1 is 1.07 bits per heavy atom. The largest absolute Gasteiger partial charge is 0.481 e. The summed E-state index contributed by atoms with van der Waals surface area (Å²) < 4.78 is 5.07. The lowest BCUT2D eigenvalue weighted by Gasteiger charge is -2.02. The van der Waals surface area contributed by atoms with Crippen molar-refractivity contribution in [2.24, 2.45) is 0 Å². The summed E-state index contributed by atoms with van der Waals surface area (Å²) in [5.74, 6) is 0.649. The highest BCUT2D eigenvalue weighted by Crippen LogP contribution is 2.28. The van der Waals surface area contributed by atoms with Crippen molar-refractivity contribution in [3.8, 4) is 5.88 Å². The minimum absolute atomic E-state index is 0.649. The molecule has 0 aliphatic rings. The van der Waals surface area contributed by atoms with Crippen molar-refractivity contribution in [3.05, 3.63) is 48.7 Å². The van der Waals surface area contributed by atoms with Gasteiger partial charge in [0.2, 0.25) is 5.88 Å². The van der Waals surface area contributed by atoms with E-state index in [0.29, 0.717) is 5.88 Å². The van der Waals surface area contributed by atoms with E-state index in [1.54, 1.807) is 25.1 Å². The normalized spacial score (nSPS) is 9.93. The molecule has 0 N–H and O–H groups in total. The number of aromatic nitrogens is 1. The van der Waals surface area contributed by atoms with Crippen molar-refractivity contribution in [2.75, 3.05) is 7.11 Å². The van der Waals surface area contributed by atoms with E-state index in [1.165, 1.54) is 4.90 Å². The van der Waals surface area contributed by atoms with Gasteiger partial charge >= 0.3 is 0 Å². The fraction of sp³-hybridized carbons (Fsp3) is 0.0833. The van der Waals surface area contributed by atoms with Gasteiger partial charge < -0.3 is 4.74 Å². The fourth-order valence-corrected chi connectivity index (χ4v) is 2.05. The molecule has 76 valence electrons. The molecule has 3 heteroatoms. The second-order valence-corrected chi connectivity index (χ2v) is 4.10. The number of pyridine rings is 1. The lowest BCUT2D eigenvalue weighted by molar-refractivity contribution is 0.396. The van der Waals surface area contributed by atoms with Crippen LogP contribution in [0.1, 0.15) is 0 Å². The van der Waals surface area contributed by atoms with Gasteiger partial charge in [-0.25, -0.2) is 4.98 Å². The minimum atomic E-state index is 0.649. The Balaban J connectivity index is 2.17. The van der Waals surface area contributed by atoms with Crippen LogP contribution in [0.25, 0.3) is 0 Å². The number of hydrogen-bond donors (Lipinski definition) is 0. The van der Waals surface area contributed by atoms with Gasteiger partial charge in [0, 0.05) is 22.1 Å². The van der Waals surface area contributed by atoms with E-state index < -0.39 is 0 Å². The fourth-order valence-electron chi connectivity index (χ4n) is 1.19. The molecule has 0 unspecified atom stereocenters. The van der Waals surface area contributed by atoms with Crippen LogP contribution in [0.5, 0.6) is 5.88 Å². The number of methoxy groups -OCH3 is 1. The Bertz CT molecular complexity index is 431. The average Bonchev–Trinajstić information content (AvgIpc) is 2.31. The number of benzene rings is 1. The van der Waals surface area contributed by atoms with Crippen molar-refractivity contribution in [3.63, 3.8) is 0 Å². The van der Waals surface area contributed by atoms with Crippen LogP contribution in [0.2, 0.25) is 0 Å². The molecule has 1 aromatic carbocycles. The molecular weight excluding hydrogens is 206 g/mol. The van der Waals surface area contributed by atoms with Crippen LogP contribution in [0, 0.1) is 0 Å². The van der Waals surface area contributed by atoms with Gasteiger partial charge in [-0.3, -0.25) is 0 Å². The summed E-state index contributed by atoms with van der Waals surface area (Å²) in [6.07, 6.45) is 1.75. The second-order valence-electron chi connectivity index (χ2n) is 2.95. The highest BCUT2D eigenvalue weighted by molar-refractivity contribution is 7.99. The lowest BCUT2D eigenvalue weighted by Crippen LogP contribution is -1.86. The highest BCUT2D eigenvalue weighted by Gasteiger charge is 1.98. The number of nitrogens with zero attached hydrogens (tertiary/aromatic N) is 1. The van der Waals surface area contributed by atoms with E-state index in [0.717, 1.165) is 4.90 Å². The lowest BCUT2D eigenvalue weighted by atomic mass is 10.4. The van der Waals surface area contributed by atoms with Gasteiger partial charge in [0.15, 0.2) is 0 Å². The second kappa shape index (κ2) is 4.84. The van der Waals surface area contributed by atoms with E-state index in [2.05, 4.69) is 17.1 Å². The molecule has 0 saturated carbocycles. The van der Waals surface area contributed by atoms with Crippen LogP contribution < -0.4 is 4.74 Å². The number of hydrogen-bond acceptors (Lipinski definition) is 3. The monoisotopic (exact) mass is 217 g/mol. The zero-order chi connectivity index (χ0) is 10.5. The molecule has 0 bridgehead atoms. The molecular formula is C12H11NOS. The van der Waals surface area contributed by atoms with E-state index >= 15 is 0 Å². The molecule has 2 nitrogen and oxygen atoms in total. The van der Waals surface area contributed by atoms with Crippen LogP contribution in [-0.2, 0) is 0 Å². The summed E-state index contributed by atoms with van der Waals surface area (Å²) in [5.41, 5.74) is 0. The maximum absolute atomic E-state index is 5.07. The molecule has 1 heterocycles. The summed E-state index contributed by atoms with van der Waals surface area (Å²) in [4.78, 5) is 6.41. The summed E-state index contributed by atoms with van der Waals surface area (Å²) in [7, 11) is 1.62. The highest BCUT2D eigenvalue weighted by atomic mass is 32.2. The molecule has 0 saturated heterocycles. The quantitative estimate of drug-likeness (QED) is 0.788. The van der Waals surface area contributed by atoms with Crippen LogP contribution in [0.15, 0.2) is 58.5 Å². The van der Waals surface area contributed by atoms with Gasteiger partial charge in [-0.1, -0.05) is 30.0 Å². The Hall–Kier alpha value is -1.48. The summed E-state index contributed by atoms with van der Waals surface area (Å²) in [5, 5.41) is 0. The Labute approximate surface area is 93.3 Å². The third-order valence-electron chi connectivity index (χ3n) is 1.89. The standard InChI is InChI=1S/C12H11NOS/c1-14-12-9-11(7-8-13-12)15-10-5-3-2-4-6-10/h2-9H,1H3. The van der Waals surface area contributed by atoms with Crippen LogP contribution >= 0.6 is 11.8 Å². The molecule has 0 aliphatic heterocycles. The van der Waals surface area contributed by atoms with Gasteiger partial charge in [-0.15, -0.1) is 0 Å². The molecule has 1 aromatic heterocycles. The van der Waals surface area contributed by atoms with Crippen LogP contribution in [0.3, 0.4) is 0 Å². The molecule has 0 amide bonds. The van der Waals surface area contributed by atoms with Gasteiger partial charge in [-0.05, 0) is 18.2 Å². The van der Waals surface area contributed by atoms with Crippen molar-refractivity contribution in [1.29, 1.82) is 0 Å². The zero-order valence-corrected chi connectivity index (χ0v) is 9.20. The number of ether oxygens (including phenoxy) is 1. The molecule has 0 aliphatic carbocycles. The van der Waals surface area contributed by atoms with E-state index in [9.17, 15) is 0 Å². The Morgan fingerprint density at radius 2 is 1.87 bits per heavy atom. The molecule has 2 rings (SSSR count). The van der Waals surface area contributed by atoms with Gasteiger partial charge in [0.1, 0.15) is 0 Å². The Morgan fingerprint density at radius 3 is 2.60 bits per heavy atom.